The van der Waals surface area contributed by atoms with Crippen LogP contribution in [-0.2, 0) is 25.4 Å². The van der Waals surface area contributed by atoms with Crippen molar-refractivity contribution in [3.8, 4) is 11.5 Å². The fraction of sp³-hybridized carbons (Fsp3) is 0.233. The van der Waals surface area contributed by atoms with Crippen molar-refractivity contribution in [2.45, 2.75) is 39.5 Å². The number of phenols is 1. The molecule has 1 aliphatic rings. The maximum absolute atomic E-state index is 9.41. The molecule has 2 nitrogen and oxygen atoms in total. The van der Waals surface area contributed by atoms with Crippen molar-refractivity contribution in [3.63, 3.8) is 0 Å². The zero-order valence-electron chi connectivity index (χ0n) is 21.2. The molecule has 1 aliphatic carbocycles. The fourth-order valence-corrected chi connectivity index (χ4v) is 2.33. The fourth-order valence-electron chi connectivity index (χ4n) is 2.33. The predicted molar refractivity (Wildman–Crippen MR) is 152 cm³/mol. The Morgan fingerprint density at radius 3 is 1.57 bits per heavy atom. The number of hydrogen-bond donors (Lipinski definition) is 1. The molecule has 0 radical (unpaired) electrons. The summed E-state index contributed by atoms with van der Waals surface area (Å²) in [7, 11) is 1.60. The number of methoxy groups -OCH3 is 1. The van der Waals surface area contributed by atoms with Crippen molar-refractivity contribution in [2.24, 2.45) is 0 Å². The molecule has 0 bridgehead atoms. The average Bonchev–Trinajstić information content (AvgIpc) is 3.34. The van der Waals surface area contributed by atoms with E-state index in [-0.39, 0.29) is 36.0 Å². The van der Waals surface area contributed by atoms with E-state index in [9.17, 15) is 5.11 Å². The first-order valence-electron chi connectivity index (χ1n) is 10.6. The van der Waals surface area contributed by atoms with Gasteiger partial charge < -0.3 is 9.84 Å². The van der Waals surface area contributed by atoms with Crippen molar-refractivity contribution in [2.75, 3.05) is 7.11 Å². The quantitative estimate of drug-likeness (QED) is 0.246. The zero-order valence-corrected chi connectivity index (χ0v) is 24.4. The van der Waals surface area contributed by atoms with Crippen LogP contribution < -0.4 is 4.74 Å². The van der Waals surface area contributed by atoms with Crippen molar-refractivity contribution in [1.82, 2.24) is 0 Å². The Bertz CT molecular complexity index is 834. The van der Waals surface area contributed by atoms with E-state index in [4.69, 9.17) is 4.74 Å². The minimum absolute atomic E-state index is 0. The smallest absolute Gasteiger partial charge is 0.171 e. The van der Waals surface area contributed by atoms with Crippen LogP contribution in [0.25, 0.3) is 0 Å². The summed E-state index contributed by atoms with van der Waals surface area (Å²) in [5.41, 5.74) is 2.38. The Balaban J connectivity index is -0.000000397. The van der Waals surface area contributed by atoms with Crippen LogP contribution in [0.5, 0.6) is 11.5 Å². The molecule has 1 N–H and O–H groups in total. The molecule has 190 valence electrons. The number of hydrogen-bond acceptors (Lipinski definition) is 2. The van der Waals surface area contributed by atoms with E-state index in [1.54, 1.807) is 39.2 Å². The van der Waals surface area contributed by atoms with Crippen LogP contribution in [0.3, 0.4) is 0 Å². The maximum Gasteiger partial charge on any atom is -0.171 e. The molecule has 3 aromatic carbocycles. The molecule has 3 aromatic rings. The van der Waals surface area contributed by atoms with Crippen molar-refractivity contribution in [1.29, 1.82) is 0 Å². The zero-order chi connectivity index (χ0) is 25.0. The standard InChI is InChI=1S/C11H16O2.C6H7.2C6H5.CH2.2ClH.Ti/c1-11(2,3)8-5-9(12)7-10(6-8)13-4;1-6-4-2-3-5-6;2*1-2-4-6-5-3-1;;;;/h5-7,12H,1-4H3;2,4H,3H2,1H3;2*1-5H;1H2;2*1H;/q;3*-1;;;;. The van der Waals surface area contributed by atoms with E-state index in [2.05, 4.69) is 62.9 Å². The first kappa shape index (κ1) is 37.5. The maximum atomic E-state index is 9.41. The van der Waals surface area contributed by atoms with Gasteiger partial charge in [-0.25, -0.2) is 11.6 Å². The molecule has 5 heteroatoms. The van der Waals surface area contributed by atoms with Gasteiger partial charge in [-0.05, 0) is 23.1 Å². The summed E-state index contributed by atoms with van der Waals surface area (Å²) >= 11 is 1.75. The van der Waals surface area contributed by atoms with Gasteiger partial charge >= 0.3 is 24.8 Å². The van der Waals surface area contributed by atoms with E-state index < -0.39 is 0 Å². The van der Waals surface area contributed by atoms with Crippen LogP contribution >= 0.6 is 24.8 Å². The number of benzene rings is 3. The molecule has 0 aromatic heterocycles. The second-order valence-corrected chi connectivity index (χ2v) is 7.79. The van der Waals surface area contributed by atoms with Gasteiger partial charge in [0.1, 0.15) is 11.5 Å². The molecular weight excluding hydrogens is 511 g/mol. The van der Waals surface area contributed by atoms with Gasteiger partial charge in [0.15, 0.2) is 0 Å². The first-order valence-corrected chi connectivity index (χ1v) is 11.7. The molecule has 0 saturated heterocycles. The third-order valence-corrected chi connectivity index (χ3v) is 4.07. The number of aromatic hydroxyl groups is 1. The Morgan fingerprint density at radius 1 is 0.857 bits per heavy atom. The van der Waals surface area contributed by atoms with Crippen molar-refractivity contribution >= 4 is 29.6 Å². The molecule has 4 rings (SSSR count). The Morgan fingerprint density at radius 2 is 1.34 bits per heavy atom. The Labute approximate surface area is 236 Å². The second kappa shape index (κ2) is 23.6. The minimum Gasteiger partial charge on any atom is -0.184 e. The van der Waals surface area contributed by atoms with E-state index in [1.807, 2.05) is 66.7 Å². The number of phenolic OH excluding ortho intramolecular Hbond substituents is 1. The number of ether oxygens (including phenoxy) is 1. The van der Waals surface area contributed by atoms with E-state index >= 15 is 0 Å². The summed E-state index contributed by atoms with van der Waals surface area (Å²) in [5.74, 6) is 0.953. The van der Waals surface area contributed by atoms with Crippen LogP contribution in [0.1, 0.15) is 39.7 Å². The Hall–Kier alpha value is -2.10. The molecule has 0 aliphatic heterocycles. The molecule has 0 atom stereocenters. The molecule has 0 spiro atoms. The third kappa shape index (κ3) is 20.9. The average molecular weight is 548 g/mol. The van der Waals surface area contributed by atoms with Gasteiger partial charge in [0, 0.05) is 6.07 Å². The van der Waals surface area contributed by atoms with Gasteiger partial charge in [0.25, 0.3) is 0 Å². The van der Waals surface area contributed by atoms with Gasteiger partial charge in [0.2, 0.25) is 0 Å². The van der Waals surface area contributed by atoms with E-state index in [0.29, 0.717) is 5.75 Å². The first-order chi connectivity index (χ1) is 15.8. The topological polar surface area (TPSA) is 29.5 Å². The van der Waals surface area contributed by atoms with Crippen molar-refractivity contribution < 1.29 is 29.8 Å². The van der Waals surface area contributed by atoms with Crippen LogP contribution in [0.4, 0.5) is 0 Å². The molecule has 0 unspecified atom stereocenters. The summed E-state index contributed by atoms with van der Waals surface area (Å²) in [6.07, 6.45) is 8.33. The molecule has 0 heterocycles. The molecule has 0 saturated carbocycles. The minimum atomic E-state index is 0. The summed E-state index contributed by atoms with van der Waals surface area (Å²) in [6.45, 7) is 8.35. The molecule has 35 heavy (non-hydrogen) atoms. The van der Waals surface area contributed by atoms with Crippen LogP contribution in [0, 0.1) is 18.2 Å². The summed E-state index contributed by atoms with van der Waals surface area (Å²) < 4.78 is 5.07. The predicted octanol–water partition coefficient (Wildman–Crippen LogP) is 8.18. The molecule has 0 amide bonds. The summed E-state index contributed by atoms with van der Waals surface area (Å²) in [5, 5.41) is 9.41. The van der Waals surface area contributed by atoms with Gasteiger partial charge in [0.05, 0.1) is 7.11 Å². The SMILES string of the molecule is CC1=[C-]CC=C1.COc1cc(O)cc(C(C)(C)C)c1.Cl.Cl.[CH2]=[Ti].[c-]1ccccc1.[c-]1ccccc1. The summed E-state index contributed by atoms with van der Waals surface area (Å²) in [6, 6.07) is 30.3. The molecule has 0 fully saturated rings. The van der Waals surface area contributed by atoms with Gasteiger partial charge in [-0.3, -0.25) is 6.08 Å². The molecular formula is C30H37Cl2O2Ti-3. The number of rotatable bonds is 1. The largest absolute Gasteiger partial charge is 0.184 e. The second-order valence-electron chi connectivity index (χ2n) is 7.79. The monoisotopic (exact) mass is 547 g/mol. The Kier molecular flexibility index (Phi) is 25.3. The van der Waals surface area contributed by atoms with Crippen LogP contribution in [0.2, 0.25) is 0 Å². The van der Waals surface area contributed by atoms with Gasteiger partial charge in [-0.15, -0.1) is 31.2 Å². The van der Waals surface area contributed by atoms with E-state index in [1.165, 1.54) is 5.57 Å². The van der Waals surface area contributed by atoms with E-state index in [0.717, 1.165) is 12.0 Å². The summed E-state index contributed by atoms with van der Waals surface area (Å²) in [4.78, 5) is 3.25. The normalized spacial score (nSPS) is 10.2. The van der Waals surface area contributed by atoms with Gasteiger partial charge in [-0.2, -0.15) is 78.9 Å². The number of allylic oxidation sites excluding steroid dienone is 4. The van der Waals surface area contributed by atoms with Gasteiger partial charge in [-0.1, -0.05) is 27.7 Å². The van der Waals surface area contributed by atoms with Crippen molar-refractivity contribution in [3.05, 3.63) is 120 Å². The third-order valence-electron chi connectivity index (χ3n) is 4.07. The van der Waals surface area contributed by atoms with Crippen LogP contribution in [0.15, 0.2) is 96.6 Å². The van der Waals surface area contributed by atoms with Crippen LogP contribution in [-0.4, -0.2) is 17.0 Å². The number of halogens is 2.